The number of benzene rings is 1. The molecule has 0 N–H and O–H groups in total. The van der Waals surface area contributed by atoms with Crippen molar-refractivity contribution in [2.45, 2.75) is 6.92 Å². The van der Waals surface area contributed by atoms with Gasteiger partial charge in [-0.3, -0.25) is 0 Å². The average molecular weight is 258 g/mol. The predicted octanol–water partition coefficient (Wildman–Crippen LogP) is 3.45. The molecule has 11 heavy (non-hydrogen) atoms. The van der Waals surface area contributed by atoms with Gasteiger partial charge in [-0.2, -0.15) is 0 Å². The summed E-state index contributed by atoms with van der Waals surface area (Å²) >= 11 is -0.158. The molecule has 1 aromatic carbocycles. The Morgan fingerprint density at radius 3 is 3.09 bits per heavy atom. The minimum Gasteiger partial charge on any atom is -0.247 e. The summed E-state index contributed by atoms with van der Waals surface area (Å²) in [7, 11) is 0. The van der Waals surface area contributed by atoms with Gasteiger partial charge in [0.15, 0.2) is 0 Å². The first-order valence-corrected chi connectivity index (χ1v) is 5.55. The highest BCUT2D eigenvalue weighted by Crippen LogP contribution is 2.36. The van der Waals surface area contributed by atoms with Gasteiger partial charge in [0.1, 0.15) is 0 Å². The van der Waals surface area contributed by atoms with Crippen LogP contribution in [0.25, 0.3) is 0 Å². The second-order valence-corrected chi connectivity index (χ2v) is 3.95. The number of nitrogens with zero attached hydrogens (tertiary/aromatic N) is 2. The van der Waals surface area contributed by atoms with E-state index in [2.05, 4.69) is 21.1 Å². The zero-order valence-electron chi connectivity index (χ0n) is 6.08. The third kappa shape index (κ3) is 1.24. The number of rotatable bonds is 0. The van der Waals surface area contributed by atoms with Crippen molar-refractivity contribution in [2.75, 3.05) is 0 Å². The van der Waals surface area contributed by atoms with Crippen molar-refractivity contribution in [3.8, 4) is 0 Å². The molecule has 1 aliphatic heterocycles. The fourth-order valence-electron chi connectivity index (χ4n) is 1.00. The zero-order chi connectivity index (χ0) is 7.68. The summed E-state index contributed by atoms with van der Waals surface area (Å²) in [5.41, 5.74) is 3.36. The predicted molar refractivity (Wildman–Crippen MR) is 55.4 cm³/mol. The lowest BCUT2D eigenvalue weighted by Crippen LogP contribution is -1.76. The molecule has 1 heterocycles. The van der Waals surface area contributed by atoms with Crippen molar-refractivity contribution in [2.24, 2.45) is 8.14 Å². The smallest absolute Gasteiger partial charge is 0.0977 e. The molecule has 56 valence electrons. The molecule has 0 aliphatic carbocycles. The van der Waals surface area contributed by atoms with Crippen LogP contribution in [0.15, 0.2) is 26.3 Å². The number of halogens is 1. The molecule has 1 aliphatic rings. The maximum Gasteiger partial charge on any atom is 0.0977 e. The van der Waals surface area contributed by atoms with Crippen LogP contribution in [0, 0.1) is 6.92 Å². The third-order valence-corrected chi connectivity index (χ3v) is 2.87. The van der Waals surface area contributed by atoms with E-state index < -0.39 is 0 Å². The first-order chi connectivity index (χ1) is 5.38. The minimum atomic E-state index is -0.158. The lowest BCUT2D eigenvalue weighted by molar-refractivity contribution is 1.39. The van der Waals surface area contributed by atoms with E-state index in [1.807, 2.05) is 16.4 Å². The van der Waals surface area contributed by atoms with Crippen LogP contribution in [-0.2, 0) is 0 Å². The van der Waals surface area contributed by atoms with Crippen LogP contribution in [0.3, 0.4) is 0 Å². The fraction of sp³-hybridized carbons (Fsp3) is 0.125. The van der Waals surface area contributed by atoms with Crippen molar-refractivity contribution in [3.05, 3.63) is 23.8 Å². The Bertz CT molecular complexity index is 342. The molecule has 0 unspecified atom stereocenters. The largest absolute Gasteiger partial charge is 0.247 e. The molecule has 0 bridgehead atoms. The lowest BCUT2D eigenvalue weighted by Gasteiger charge is -2.04. The number of fused-ring (bicyclic) bond motifs is 1. The molecule has 0 saturated heterocycles. The summed E-state index contributed by atoms with van der Waals surface area (Å²) in [6, 6.07) is 6.10. The Morgan fingerprint density at radius 1 is 1.36 bits per heavy atom. The van der Waals surface area contributed by atoms with E-state index in [0.29, 0.717) is 0 Å². The normalized spacial score (nSPS) is 13.9. The third-order valence-electron chi connectivity index (χ3n) is 1.58. The van der Waals surface area contributed by atoms with Crippen molar-refractivity contribution in [3.63, 3.8) is 0 Å². The molecular formula is C8H7IN2. The highest BCUT2D eigenvalue weighted by molar-refractivity contribution is 14.2. The van der Waals surface area contributed by atoms with Crippen LogP contribution in [0.1, 0.15) is 5.56 Å². The Morgan fingerprint density at radius 2 is 2.27 bits per heavy atom. The fourth-order valence-corrected chi connectivity index (χ4v) is 2.46. The highest BCUT2D eigenvalue weighted by Gasteiger charge is 2.03. The number of hydrogen-bond donors (Lipinski definition) is 0. The summed E-state index contributed by atoms with van der Waals surface area (Å²) in [4.78, 5) is 4.28. The van der Waals surface area contributed by atoms with Crippen LogP contribution in [0.2, 0.25) is 0 Å². The number of aryl methyl sites for hydroxylation is 1. The highest BCUT2D eigenvalue weighted by atomic mass is 127. The first-order valence-electron chi connectivity index (χ1n) is 3.34. The topological polar surface area (TPSA) is 24.7 Å². The van der Waals surface area contributed by atoms with Gasteiger partial charge in [-0.1, -0.05) is 12.1 Å². The Balaban J connectivity index is 2.70. The van der Waals surface area contributed by atoms with Gasteiger partial charge in [0.2, 0.25) is 0 Å². The van der Waals surface area contributed by atoms with Gasteiger partial charge < -0.3 is 0 Å². The number of hydrogen-bond acceptors (Lipinski definition) is 2. The van der Waals surface area contributed by atoms with E-state index in [9.17, 15) is 0 Å². The Kier molecular flexibility index (Phi) is 1.81. The summed E-state index contributed by atoms with van der Waals surface area (Å²) < 4.78 is 6.40. The zero-order valence-corrected chi connectivity index (χ0v) is 8.24. The standard InChI is InChI=1S/C8H7IN2/c1-6-3-2-4-7-8(6)11-9-5-10-7/h2-5H,1H3. The van der Waals surface area contributed by atoms with Crippen LogP contribution >= 0.6 is 21.0 Å². The van der Waals surface area contributed by atoms with Crippen LogP contribution in [0.4, 0.5) is 11.4 Å². The molecule has 0 radical (unpaired) electrons. The molecule has 1 aromatic rings. The molecule has 0 fully saturated rings. The molecule has 2 nitrogen and oxygen atoms in total. The molecule has 0 aromatic heterocycles. The molecular weight excluding hydrogens is 251 g/mol. The minimum absolute atomic E-state index is 0.158. The quantitative estimate of drug-likeness (QED) is 0.637. The van der Waals surface area contributed by atoms with E-state index in [1.54, 1.807) is 0 Å². The van der Waals surface area contributed by atoms with Crippen LogP contribution in [-0.4, -0.2) is 4.22 Å². The van der Waals surface area contributed by atoms with Crippen molar-refractivity contribution in [1.82, 2.24) is 0 Å². The van der Waals surface area contributed by atoms with Crippen molar-refractivity contribution in [1.29, 1.82) is 0 Å². The van der Waals surface area contributed by atoms with E-state index in [1.165, 1.54) is 5.56 Å². The first kappa shape index (κ1) is 7.09. The van der Waals surface area contributed by atoms with E-state index in [0.717, 1.165) is 11.4 Å². The maximum absolute atomic E-state index is 4.45. The monoisotopic (exact) mass is 258 g/mol. The van der Waals surface area contributed by atoms with E-state index in [4.69, 9.17) is 0 Å². The van der Waals surface area contributed by atoms with Gasteiger partial charge in [-0.15, -0.1) is 0 Å². The SMILES string of the molecule is Cc1cccc2c1N=IC=N2. The van der Waals surface area contributed by atoms with Crippen LogP contribution in [0.5, 0.6) is 0 Å². The molecule has 0 spiro atoms. The number of aliphatic imine (C=N–C) groups is 1. The van der Waals surface area contributed by atoms with E-state index >= 15 is 0 Å². The second-order valence-electron chi connectivity index (χ2n) is 2.35. The summed E-state index contributed by atoms with van der Waals surface area (Å²) in [5, 5.41) is 0. The van der Waals surface area contributed by atoms with Gasteiger partial charge in [0.25, 0.3) is 0 Å². The van der Waals surface area contributed by atoms with Gasteiger partial charge in [-0.05, 0) is 18.6 Å². The molecule has 2 rings (SSSR count). The maximum atomic E-state index is 4.45. The molecule has 0 atom stereocenters. The average Bonchev–Trinajstić information content (AvgIpc) is 2.06. The molecule has 3 heteroatoms. The van der Waals surface area contributed by atoms with Crippen molar-refractivity contribution < 1.29 is 0 Å². The summed E-state index contributed by atoms with van der Waals surface area (Å²) in [6.07, 6.45) is 0. The second kappa shape index (κ2) is 2.81. The van der Waals surface area contributed by atoms with Gasteiger partial charge >= 0.3 is 0 Å². The summed E-state index contributed by atoms with van der Waals surface area (Å²) in [5.74, 6) is 0. The molecule has 0 saturated carbocycles. The summed E-state index contributed by atoms with van der Waals surface area (Å²) in [6.45, 7) is 2.08. The lowest BCUT2D eigenvalue weighted by atomic mass is 10.2. The van der Waals surface area contributed by atoms with Gasteiger partial charge in [0, 0.05) is 21.0 Å². The van der Waals surface area contributed by atoms with Crippen molar-refractivity contribution >= 4 is 36.6 Å². The Labute approximate surface area is 75.5 Å². The molecule has 0 amide bonds. The Hall–Kier alpha value is -0.580. The van der Waals surface area contributed by atoms with Crippen LogP contribution < -0.4 is 0 Å². The van der Waals surface area contributed by atoms with Gasteiger partial charge in [0.05, 0.1) is 15.6 Å². The van der Waals surface area contributed by atoms with E-state index in [-0.39, 0.29) is 21.0 Å². The van der Waals surface area contributed by atoms with Gasteiger partial charge in [-0.25, -0.2) is 8.14 Å².